The van der Waals surface area contributed by atoms with Crippen LogP contribution in [0.25, 0.3) is 0 Å². The predicted octanol–water partition coefficient (Wildman–Crippen LogP) is 6.43. The molecule has 1 saturated heterocycles. The topological polar surface area (TPSA) is 26.3 Å². The number of hydrogen-bond acceptors (Lipinski definition) is 4. The van der Waals surface area contributed by atoms with E-state index >= 15 is 0 Å². The first-order valence-corrected chi connectivity index (χ1v) is 11.7. The van der Waals surface area contributed by atoms with E-state index in [0.29, 0.717) is 6.42 Å². The minimum Gasteiger partial charge on any atom is -0.358 e. The number of hydrogen-bond donors (Lipinski definition) is 0. The van der Waals surface area contributed by atoms with Crippen LogP contribution in [0.4, 0.5) is 0 Å². The highest BCUT2D eigenvalue weighted by Crippen LogP contribution is 2.47. The van der Waals surface area contributed by atoms with E-state index in [4.69, 9.17) is 4.74 Å². The van der Waals surface area contributed by atoms with Gasteiger partial charge in [0.1, 0.15) is 17.0 Å². The Morgan fingerprint density at radius 3 is 2.00 bits per heavy atom. The number of ketones is 1. The van der Waals surface area contributed by atoms with Crippen molar-refractivity contribution in [2.45, 2.75) is 40.1 Å². The van der Waals surface area contributed by atoms with Gasteiger partial charge in [-0.3, -0.25) is 4.79 Å². The zero-order valence-electron chi connectivity index (χ0n) is 16.4. The van der Waals surface area contributed by atoms with Crippen molar-refractivity contribution in [3.63, 3.8) is 0 Å². The molecule has 4 rings (SSSR count). The van der Waals surface area contributed by atoms with Crippen LogP contribution in [0.5, 0.6) is 0 Å². The lowest BCUT2D eigenvalue weighted by Gasteiger charge is -2.23. The molecule has 29 heavy (non-hydrogen) atoms. The summed E-state index contributed by atoms with van der Waals surface area (Å²) >= 11 is 3.38. The highest BCUT2D eigenvalue weighted by Gasteiger charge is 2.51. The van der Waals surface area contributed by atoms with Crippen LogP contribution in [-0.2, 0) is 9.53 Å². The van der Waals surface area contributed by atoms with E-state index in [-0.39, 0.29) is 17.1 Å². The van der Waals surface area contributed by atoms with Gasteiger partial charge in [0.25, 0.3) is 0 Å². The predicted molar refractivity (Wildman–Crippen MR) is 122 cm³/mol. The van der Waals surface area contributed by atoms with Gasteiger partial charge in [0.15, 0.2) is 5.78 Å². The lowest BCUT2D eigenvalue weighted by molar-refractivity contribution is -0.131. The fraction of sp³-hybridized carbons (Fsp3) is 0.240. The van der Waals surface area contributed by atoms with E-state index in [1.54, 1.807) is 23.5 Å². The third kappa shape index (κ3) is 4.77. The van der Waals surface area contributed by atoms with Gasteiger partial charge in [-0.05, 0) is 43.2 Å². The Morgan fingerprint density at radius 1 is 0.828 bits per heavy atom. The summed E-state index contributed by atoms with van der Waals surface area (Å²) in [6.45, 7) is 1.96. The standard InChI is InChI=1S/C25H24O2S2/c1-25(17-18-28-20-13-7-3-8-14-20)24(26)23(29-21-15-9-4-10-16-21)22(27-25)19-11-5-2-6-12-19/h2-16,22-23H,17-18H2,1H3/t22-,23-,25?/m1/s1. The average Bonchev–Trinajstić information content (AvgIpc) is 3.01. The lowest BCUT2D eigenvalue weighted by Crippen LogP contribution is -2.35. The van der Waals surface area contributed by atoms with E-state index in [1.165, 1.54) is 4.90 Å². The Morgan fingerprint density at radius 2 is 1.38 bits per heavy atom. The molecule has 1 fully saturated rings. The summed E-state index contributed by atoms with van der Waals surface area (Å²) in [6, 6.07) is 30.6. The van der Waals surface area contributed by atoms with Gasteiger partial charge < -0.3 is 4.74 Å². The number of carbonyl (C=O) groups excluding carboxylic acids is 1. The normalized spacial score (nSPS) is 24.0. The van der Waals surface area contributed by atoms with E-state index < -0.39 is 5.60 Å². The van der Waals surface area contributed by atoms with Gasteiger partial charge in [-0.2, -0.15) is 0 Å². The highest BCUT2D eigenvalue weighted by molar-refractivity contribution is 8.00. The van der Waals surface area contributed by atoms with Crippen LogP contribution in [0.15, 0.2) is 101 Å². The van der Waals surface area contributed by atoms with E-state index in [2.05, 4.69) is 36.4 Å². The lowest BCUT2D eigenvalue weighted by atomic mass is 9.96. The van der Waals surface area contributed by atoms with Crippen molar-refractivity contribution in [2.75, 3.05) is 5.75 Å². The van der Waals surface area contributed by atoms with Crippen molar-refractivity contribution >= 4 is 29.3 Å². The molecule has 0 radical (unpaired) electrons. The maximum absolute atomic E-state index is 13.5. The third-order valence-electron chi connectivity index (χ3n) is 5.17. The monoisotopic (exact) mass is 420 g/mol. The van der Waals surface area contributed by atoms with Crippen molar-refractivity contribution in [1.29, 1.82) is 0 Å². The quantitative estimate of drug-likeness (QED) is 0.412. The molecular formula is C25H24O2S2. The van der Waals surface area contributed by atoms with Gasteiger partial charge in [0, 0.05) is 15.5 Å². The average molecular weight is 421 g/mol. The molecule has 0 amide bonds. The van der Waals surface area contributed by atoms with E-state index in [1.807, 2.05) is 61.5 Å². The molecular weight excluding hydrogens is 396 g/mol. The van der Waals surface area contributed by atoms with Crippen molar-refractivity contribution in [3.05, 3.63) is 96.6 Å². The van der Waals surface area contributed by atoms with Crippen LogP contribution in [0, 0.1) is 0 Å². The number of carbonyl (C=O) groups is 1. The summed E-state index contributed by atoms with van der Waals surface area (Å²) in [5.41, 5.74) is 0.295. The van der Waals surface area contributed by atoms with E-state index in [0.717, 1.165) is 16.2 Å². The summed E-state index contributed by atoms with van der Waals surface area (Å²) in [7, 11) is 0. The van der Waals surface area contributed by atoms with Gasteiger partial charge in [-0.15, -0.1) is 23.5 Å². The van der Waals surface area contributed by atoms with Crippen LogP contribution in [0.3, 0.4) is 0 Å². The summed E-state index contributed by atoms with van der Waals surface area (Å²) < 4.78 is 6.49. The SMILES string of the molecule is CC1(CCSc2ccccc2)O[C@H](c2ccccc2)[C@@H](Sc2ccccc2)C1=O. The highest BCUT2D eigenvalue weighted by atomic mass is 32.2. The van der Waals surface area contributed by atoms with Crippen molar-refractivity contribution in [2.24, 2.45) is 0 Å². The molecule has 0 bridgehead atoms. The van der Waals surface area contributed by atoms with Crippen molar-refractivity contribution in [3.8, 4) is 0 Å². The molecule has 0 aromatic heterocycles. The molecule has 4 heteroatoms. The second-order valence-corrected chi connectivity index (χ2v) is 9.69. The molecule has 1 aliphatic rings. The smallest absolute Gasteiger partial charge is 0.180 e. The first-order chi connectivity index (χ1) is 14.2. The van der Waals surface area contributed by atoms with Crippen LogP contribution >= 0.6 is 23.5 Å². The van der Waals surface area contributed by atoms with Gasteiger partial charge in [0.05, 0.1) is 0 Å². The molecule has 0 spiro atoms. The number of benzene rings is 3. The first-order valence-electron chi connectivity index (χ1n) is 9.82. The van der Waals surface area contributed by atoms with Gasteiger partial charge >= 0.3 is 0 Å². The number of rotatable bonds is 7. The minimum absolute atomic E-state index is 0.189. The number of ether oxygens (including phenoxy) is 1. The summed E-state index contributed by atoms with van der Waals surface area (Å²) in [5.74, 6) is 1.03. The van der Waals surface area contributed by atoms with E-state index in [9.17, 15) is 4.79 Å². The third-order valence-corrected chi connectivity index (χ3v) is 7.44. The molecule has 1 aliphatic heterocycles. The van der Waals surface area contributed by atoms with Gasteiger partial charge in [-0.1, -0.05) is 66.7 Å². The maximum atomic E-state index is 13.5. The molecule has 0 aliphatic carbocycles. The number of Topliss-reactive ketones (excluding diaryl/α,β-unsaturated/α-hetero) is 1. The molecule has 0 saturated carbocycles. The molecule has 3 atom stereocenters. The van der Waals surface area contributed by atoms with Crippen LogP contribution in [0.2, 0.25) is 0 Å². The van der Waals surface area contributed by atoms with Gasteiger partial charge in [-0.25, -0.2) is 0 Å². The van der Waals surface area contributed by atoms with Crippen LogP contribution in [0.1, 0.15) is 25.0 Å². The second-order valence-electron chi connectivity index (χ2n) is 7.31. The Bertz CT molecular complexity index is 931. The minimum atomic E-state index is -0.769. The zero-order chi connectivity index (χ0) is 20.1. The molecule has 1 unspecified atom stereocenters. The fourth-order valence-corrected chi connectivity index (χ4v) is 5.92. The van der Waals surface area contributed by atoms with Crippen LogP contribution in [-0.4, -0.2) is 22.4 Å². The molecule has 2 nitrogen and oxygen atoms in total. The zero-order valence-corrected chi connectivity index (χ0v) is 18.0. The second kappa shape index (κ2) is 9.21. The Hall–Kier alpha value is -2.01. The molecule has 148 valence electrons. The molecule has 3 aromatic rings. The molecule has 3 aromatic carbocycles. The maximum Gasteiger partial charge on any atom is 0.180 e. The Balaban J connectivity index is 1.53. The number of thioether (sulfide) groups is 2. The van der Waals surface area contributed by atoms with Crippen molar-refractivity contribution < 1.29 is 9.53 Å². The summed E-state index contributed by atoms with van der Waals surface area (Å²) in [5, 5.41) is -0.244. The fourth-order valence-electron chi connectivity index (χ4n) is 3.55. The first kappa shape index (κ1) is 20.3. The molecule has 1 heterocycles. The van der Waals surface area contributed by atoms with Crippen LogP contribution < -0.4 is 0 Å². The summed E-state index contributed by atoms with van der Waals surface area (Å²) in [4.78, 5) is 15.8. The van der Waals surface area contributed by atoms with Gasteiger partial charge in [0.2, 0.25) is 0 Å². The largest absolute Gasteiger partial charge is 0.358 e. The Kier molecular flexibility index (Phi) is 6.43. The Labute approximate surface area is 181 Å². The molecule has 0 N–H and O–H groups in total. The van der Waals surface area contributed by atoms with Crippen molar-refractivity contribution in [1.82, 2.24) is 0 Å². The summed E-state index contributed by atoms with van der Waals surface area (Å²) in [6.07, 6.45) is 0.459.